The third kappa shape index (κ3) is 7.49. The van der Waals surface area contributed by atoms with Crippen LogP contribution in [0.4, 0.5) is 13.2 Å². The lowest BCUT2D eigenvalue weighted by molar-refractivity contribution is -0.0496. The van der Waals surface area contributed by atoms with Gasteiger partial charge in [0.1, 0.15) is 37.9 Å². The molecular formula is C27H27F3O7S2. The smallest absolute Gasteiger partial charge is 0.498 e. The van der Waals surface area contributed by atoms with Crippen LogP contribution in [0.25, 0.3) is 0 Å². The Hall–Kier alpha value is -3.61. The van der Waals surface area contributed by atoms with E-state index >= 15 is 0 Å². The van der Waals surface area contributed by atoms with Crippen molar-refractivity contribution in [1.29, 1.82) is 0 Å². The summed E-state index contributed by atoms with van der Waals surface area (Å²) in [6, 6.07) is 19.9. The predicted octanol–water partition coefficient (Wildman–Crippen LogP) is 6.83. The first-order chi connectivity index (χ1) is 18.6. The Kier molecular flexibility index (Phi) is 10.3. The van der Waals surface area contributed by atoms with E-state index < -0.39 is 25.9 Å². The molecule has 0 aliphatic heterocycles. The Labute approximate surface area is 227 Å². The molecule has 0 radical (unpaired) electrons. The first-order valence-electron chi connectivity index (χ1n) is 11.5. The van der Waals surface area contributed by atoms with Crippen LogP contribution in [0.2, 0.25) is 0 Å². The summed E-state index contributed by atoms with van der Waals surface area (Å²) < 4.78 is 92.4. The van der Waals surface area contributed by atoms with Crippen LogP contribution in [0.15, 0.2) is 119 Å². The van der Waals surface area contributed by atoms with Crippen molar-refractivity contribution in [2.45, 2.75) is 20.2 Å². The first-order valence-corrected chi connectivity index (χ1v) is 14.4. The van der Waals surface area contributed by atoms with Crippen molar-refractivity contribution < 1.29 is 44.2 Å². The highest BCUT2D eigenvalue weighted by molar-refractivity contribution is 8.33. The third-order valence-electron chi connectivity index (χ3n) is 5.04. The Balaban J connectivity index is 2.12. The molecule has 0 saturated heterocycles. The lowest BCUT2D eigenvalue weighted by Gasteiger charge is -2.39. The Bertz CT molecular complexity index is 1250. The average molecular weight is 585 g/mol. The van der Waals surface area contributed by atoms with Gasteiger partial charge in [-0.05, 0) is 71.0 Å². The molecule has 0 aliphatic carbocycles. The van der Waals surface area contributed by atoms with E-state index in [4.69, 9.17) is 22.6 Å². The van der Waals surface area contributed by atoms with Crippen LogP contribution < -0.4 is 9.47 Å². The van der Waals surface area contributed by atoms with Crippen LogP contribution in [-0.2, 0) is 23.2 Å². The molecule has 3 rings (SSSR count). The fourth-order valence-electron chi connectivity index (χ4n) is 3.35. The average Bonchev–Trinajstić information content (AvgIpc) is 2.93. The minimum absolute atomic E-state index is 0.195. The lowest BCUT2D eigenvalue weighted by Crippen LogP contribution is -2.27. The van der Waals surface area contributed by atoms with E-state index in [1.54, 1.807) is 18.2 Å². The molecule has 0 fully saturated rings. The van der Waals surface area contributed by atoms with Crippen LogP contribution in [0.1, 0.15) is 0 Å². The van der Waals surface area contributed by atoms with E-state index in [2.05, 4.69) is 13.2 Å². The third-order valence-corrected chi connectivity index (χ3v) is 9.95. The van der Waals surface area contributed by atoms with Gasteiger partial charge in [-0.1, -0.05) is 31.4 Å². The van der Waals surface area contributed by atoms with Gasteiger partial charge in [0.25, 0.3) is 0 Å². The molecule has 0 amide bonds. The topological polar surface area (TPSA) is 80.3 Å². The summed E-state index contributed by atoms with van der Waals surface area (Å²) in [4.78, 5) is 0.632. The largest absolute Gasteiger partial charge is 0.524 e. The molecule has 210 valence electrons. The molecule has 12 heteroatoms. The number of hydrogen-bond donors (Lipinski definition) is 0. The monoisotopic (exact) mass is 584 g/mol. The zero-order valence-corrected chi connectivity index (χ0v) is 22.3. The van der Waals surface area contributed by atoms with Crippen molar-refractivity contribution in [3.63, 3.8) is 0 Å². The van der Waals surface area contributed by atoms with Crippen molar-refractivity contribution in [3.8, 4) is 11.5 Å². The maximum absolute atomic E-state index is 13.7. The highest BCUT2D eigenvalue weighted by Gasteiger charge is 2.52. The summed E-state index contributed by atoms with van der Waals surface area (Å²) in [5.41, 5.74) is -5.65. The van der Waals surface area contributed by atoms with Gasteiger partial charge in [0.2, 0.25) is 0 Å². The molecule has 7 nitrogen and oxygen atoms in total. The molecule has 0 bridgehead atoms. The molecule has 3 aromatic carbocycles. The highest BCUT2D eigenvalue weighted by atomic mass is 32.3. The van der Waals surface area contributed by atoms with Gasteiger partial charge in [-0.3, -0.25) is 0 Å². The zero-order chi connectivity index (χ0) is 28.4. The van der Waals surface area contributed by atoms with Gasteiger partial charge in [0.05, 0.1) is 12.5 Å². The fourth-order valence-corrected chi connectivity index (χ4v) is 8.07. The van der Waals surface area contributed by atoms with Gasteiger partial charge in [0.15, 0.2) is 0 Å². The second-order valence-corrected chi connectivity index (χ2v) is 12.0. The maximum atomic E-state index is 13.7. The van der Waals surface area contributed by atoms with Crippen molar-refractivity contribution in [1.82, 2.24) is 0 Å². The molecule has 0 aliphatic rings. The number of rotatable bonds is 15. The molecule has 0 aromatic heterocycles. The van der Waals surface area contributed by atoms with E-state index in [1.165, 1.54) is 73.2 Å². The van der Waals surface area contributed by atoms with Gasteiger partial charge in [-0.25, -0.2) is 0 Å². The van der Waals surface area contributed by atoms with E-state index in [-0.39, 0.29) is 41.1 Å². The van der Waals surface area contributed by atoms with E-state index in [9.17, 15) is 21.6 Å². The standard InChI is InChI=1S/C27H27F3O7S2/c1-3-33-18-20-35-22-10-14-25(15-11-22)38(24-8-6-5-7-9-24,37-39(31,32)27(28,29)30)26-16-12-23(13-17-26)36-21-19-34-4-2/h3-17H,1-2,18-21H2. The van der Waals surface area contributed by atoms with Gasteiger partial charge in [-0.15, -0.1) is 0 Å². The van der Waals surface area contributed by atoms with Crippen LogP contribution in [0.3, 0.4) is 0 Å². The quantitative estimate of drug-likeness (QED) is 0.110. The maximum Gasteiger partial charge on any atom is 0.524 e. The van der Waals surface area contributed by atoms with Gasteiger partial charge in [-0.2, -0.15) is 25.2 Å². The molecule has 0 unspecified atom stereocenters. The summed E-state index contributed by atoms with van der Waals surface area (Å²) in [5.74, 6) is 0.800. The van der Waals surface area contributed by atoms with Crippen molar-refractivity contribution >= 4 is 20.4 Å². The van der Waals surface area contributed by atoms with Crippen LogP contribution in [0, 0.1) is 0 Å². The Morgan fingerprint density at radius 3 is 1.44 bits per heavy atom. The minimum atomic E-state index is -6.04. The van der Waals surface area contributed by atoms with Gasteiger partial charge >= 0.3 is 15.6 Å². The van der Waals surface area contributed by atoms with Gasteiger partial charge < -0.3 is 18.9 Å². The molecule has 39 heavy (non-hydrogen) atoms. The molecular weight excluding hydrogens is 557 g/mol. The number of benzene rings is 3. The zero-order valence-electron chi connectivity index (χ0n) is 20.7. The number of hydrogen-bond acceptors (Lipinski definition) is 7. The molecule has 0 spiro atoms. The van der Waals surface area contributed by atoms with Crippen molar-refractivity contribution in [3.05, 3.63) is 105 Å². The van der Waals surface area contributed by atoms with Crippen molar-refractivity contribution in [2.75, 3.05) is 26.4 Å². The van der Waals surface area contributed by atoms with E-state index in [0.29, 0.717) is 11.5 Å². The molecule has 0 saturated carbocycles. The lowest BCUT2D eigenvalue weighted by atomic mass is 10.3. The van der Waals surface area contributed by atoms with E-state index in [1.807, 2.05) is 0 Å². The van der Waals surface area contributed by atoms with Crippen molar-refractivity contribution in [2.24, 2.45) is 0 Å². The van der Waals surface area contributed by atoms with E-state index in [0.717, 1.165) is 0 Å². The highest BCUT2D eigenvalue weighted by Crippen LogP contribution is 2.70. The summed E-state index contributed by atoms with van der Waals surface area (Å²) in [5, 5.41) is 0. The molecule has 3 aromatic rings. The minimum Gasteiger partial charge on any atom is -0.498 e. The van der Waals surface area contributed by atoms with Crippen LogP contribution in [-0.4, -0.2) is 40.4 Å². The molecule has 0 atom stereocenters. The number of ether oxygens (including phenoxy) is 4. The number of halogens is 3. The second-order valence-electron chi connectivity index (χ2n) is 7.55. The summed E-state index contributed by atoms with van der Waals surface area (Å²) in [7, 11) is -9.50. The Morgan fingerprint density at radius 1 is 0.641 bits per heavy atom. The molecule has 0 heterocycles. The SMILES string of the molecule is C=COCCOc1ccc(S(OS(=O)(=O)C(F)(F)F)(c2ccccc2)c2ccc(OCCOC=C)cc2)cc1. The fraction of sp³-hybridized carbons (Fsp3) is 0.185. The van der Waals surface area contributed by atoms with Crippen LogP contribution in [0.5, 0.6) is 11.5 Å². The normalized spacial score (nSPS) is 12.3. The summed E-state index contributed by atoms with van der Waals surface area (Å²) >= 11 is 0. The first kappa shape index (κ1) is 29.9. The van der Waals surface area contributed by atoms with Crippen LogP contribution >= 0.6 is 10.3 Å². The van der Waals surface area contributed by atoms with Gasteiger partial charge in [0, 0.05) is 14.7 Å². The number of alkyl halides is 3. The summed E-state index contributed by atoms with van der Waals surface area (Å²) in [6.07, 6.45) is 2.54. The second kappa shape index (κ2) is 13.5. The summed E-state index contributed by atoms with van der Waals surface area (Å²) in [6.45, 7) is 7.75. The Morgan fingerprint density at radius 2 is 1.05 bits per heavy atom. The predicted molar refractivity (Wildman–Crippen MR) is 141 cm³/mol. The molecule has 0 N–H and O–H groups in total.